The van der Waals surface area contributed by atoms with Gasteiger partial charge in [-0.1, -0.05) is 13.0 Å². The molecule has 2 saturated heterocycles. The maximum atomic E-state index is 5.50. The van der Waals surface area contributed by atoms with Gasteiger partial charge in [-0.15, -0.1) is 0 Å². The first-order valence-electron chi connectivity index (χ1n) is 11.0. The Morgan fingerprint density at radius 1 is 1.07 bits per heavy atom. The maximum Gasteiger partial charge on any atom is 0.232 e. The number of rotatable bonds is 5. The molecule has 8 heteroatoms. The first kappa shape index (κ1) is 20.8. The van der Waals surface area contributed by atoms with Crippen LogP contribution in [0.2, 0.25) is 0 Å². The summed E-state index contributed by atoms with van der Waals surface area (Å²) in [4.78, 5) is 18.5. The Morgan fingerprint density at radius 2 is 1.77 bits per heavy atom. The Labute approximate surface area is 184 Å². The standard InChI is InChI=1S/C22H31N7S/c1-17-7-12-29(13-8-17)20-14-19(28-10-3-2-4-11-28)25-21(26-20)27-22(30)24-16-18-6-5-9-23-15-18/h5-6,9,14-15,17H,2-4,7-8,10-13,16H2,1H3,(H2,24,25,26,27,30). The molecule has 2 fully saturated rings. The molecule has 0 amide bonds. The van der Waals surface area contributed by atoms with Gasteiger partial charge >= 0.3 is 0 Å². The molecule has 4 rings (SSSR count). The highest BCUT2D eigenvalue weighted by atomic mass is 32.1. The fourth-order valence-electron chi connectivity index (χ4n) is 3.99. The van der Waals surface area contributed by atoms with Crippen LogP contribution in [-0.2, 0) is 6.54 Å². The van der Waals surface area contributed by atoms with Gasteiger partial charge in [-0.2, -0.15) is 9.97 Å². The number of pyridine rings is 1. The topological polar surface area (TPSA) is 69.2 Å². The van der Waals surface area contributed by atoms with Crippen LogP contribution in [0.5, 0.6) is 0 Å². The predicted molar refractivity (Wildman–Crippen MR) is 126 cm³/mol. The molecule has 2 aliphatic heterocycles. The average Bonchev–Trinajstić information content (AvgIpc) is 2.79. The van der Waals surface area contributed by atoms with Gasteiger partial charge in [-0.25, -0.2) is 0 Å². The lowest BCUT2D eigenvalue weighted by atomic mass is 9.99. The summed E-state index contributed by atoms with van der Waals surface area (Å²) in [5, 5.41) is 6.95. The molecule has 0 spiro atoms. The molecule has 2 N–H and O–H groups in total. The maximum absolute atomic E-state index is 5.50. The second-order valence-corrected chi connectivity index (χ2v) is 8.70. The van der Waals surface area contributed by atoms with Crippen molar-refractivity contribution >= 4 is 34.9 Å². The highest BCUT2D eigenvalue weighted by Crippen LogP contribution is 2.27. The molecule has 0 aliphatic carbocycles. The minimum atomic E-state index is 0.521. The zero-order valence-corrected chi connectivity index (χ0v) is 18.5. The quantitative estimate of drug-likeness (QED) is 0.705. The van der Waals surface area contributed by atoms with Crippen molar-refractivity contribution in [1.82, 2.24) is 20.3 Å². The average molecular weight is 426 g/mol. The van der Waals surface area contributed by atoms with Gasteiger partial charge in [0, 0.05) is 51.2 Å². The molecule has 7 nitrogen and oxygen atoms in total. The third-order valence-corrected chi connectivity index (χ3v) is 6.13. The van der Waals surface area contributed by atoms with Crippen LogP contribution in [0.4, 0.5) is 17.6 Å². The highest BCUT2D eigenvalue weighted by molar-refractivity contribution is 7.80. The van der Waals surface area contributed by atoms with E-state index in [0.717, 1.165) is 49.3 Å². The highest BCUT2D eigenvalue weighted by Gasteiger charge is 2.21. The summed E-state index contributed by atoms with van der Waals surface area (Å²) in [6, 6.07) is 6.09. The zero-order chi connectivity index (χ0) is 20.8. The smallest absolute Gasteiger partial charge is 0.232 e. The second kappa shape index (κ2) is 10.0. The molecular weight excluding hydrogens is 394 g/mol. The molecule has 160 valence electrons. The zero-order valence-electron chi connectivity index (χ0n) is 17.7. The molecule has 2 aliphatic rings. The molecule has 0 unspecified atom stereocenters. The third-order valence-electron chi connectivity index (χ3n) is 5.89. The molecule has 4 heterocycles. The fourth-order valence-corrected chi connectivity index (χ4v) is 4.16. The summed E-state index contributed by atoms with van der Waals surface area (Å²) in [5.41, 5.74) is 1.08. The number of hydrogen-bond donors (Lipinski definition) is 2. The van der Waals surface area contributed by atoms with Crippen molar-refractivity contribution in [2.75, 3.05) is 41.3 Å². The van der Waals surface area contributed by atoms with Crippen LogP contribution >= 0.6 is 12.2 Å². The van der Waals surface area contributed by atoms with Gasteiger partial charge in [0.05, 0.1) is 0 Å². The Hall–Kier alpha value is -2.48. The number of piperidine rings is 2. The number of aromatic nitrogens is 3. The van der Waals surface area contributed by atoms with Crippen molar-refractivity contribution in [3.63, 3.8) is 0 Å². The van der Waals surface area contributed by atoms with Crippen molar-refractivity contribution in [2.45, 2.75) is 45.6 Å². The van der Waals surface area contributed by atoms with Crippen molar-refractivity contribution in [1.29, 1.82) is 0 Å². The van der Waals surface area contributed by atoms with Gasteiger partial charge in [0.15, 0.2) is 5.11 Å². The van der Waals surface area contributed by atoms with Gasteiger partial charge in [-0.05, 0) is 61.9 Å². The summed E-state index contributed by atoms with van der Waals surface area (Å²) >= 11 is 5.50. The SMILES string of the molecule is CC1CCN(c2cc(N3CCCCC3)nc(NC(=S)NCc3cccnc3)n2)CC1. The predicted octanol–water partition coefficient (Wildman–Crippen LogP) is 3.58. The minimum absolute atomic E-state index is 0.521. The van der Waals surface area contributed by atoms with E-state index in [1.165, 1.54) is 32.1 Å². The number of hydrogen-bond acceptors (Lipinski definition) is 6. The van der Waals surface area contributed by atoms with Crippen molar-refractivity contribution < 1.29 is 0 Å². The molecule has 0 radical (unpaired) electrons. The lowest BCUT2D eigenvalue weighted by Gasteiger charge is -2.33. The van der Waals surface area contributed by atoms with Crippen LogP contribution in [0.25, 0.3) is 0 Å². The van der Waals surface area contributed by atoms with Crippen molar-refractivity contribution in [3.05, 3.63) is 36.2 Å². The normalized spacial score (nSPS) is 17.6. The minimum Gasteiger partial charge on any atom is -0.358 e. The molecule has 0 aromatic carbocycles. The van der Waals surface area contributed by atoms with Crippen LogP contribution in [-0.4, -0.2) is 46.2 Å². The Bertz CT molecular complexity index is 831. The van der Waals surface area contributed by atoms with E-state index in [1.807, 2.05) is 18.3 Å². The Kier molecular flexibility index (Phi) is 6.94. The summed E-state index contributed by atoms with van der Waals surface area (Å²) < 4.78 is 0. The van der Waals surface area contributed by atoms with Crippen LogP contribution in [0.3, 0.4) is 0 Å². The lowest BCUT2D eigenvalue weighted by Crippen LogP contribution is -2.35. The van der Waals surface area contributed by atoms with Gasteiger partial charge in [0.25, 0.3) is 0 Å². The van der Waals surface area contributed by atoms with Gasteiger partial charge in [0.1, 0.15) is 11.6 Å². The van der Waals surface area contributed by atoms with E-state index in [0.29, 0.717) is 17.6 Å². The molecule has 0 saturated carbocycles. The number of nitrogens with zero attached hydrogens (tertiary/aromatic N) is 5. The largest absolute Gasteiger partial charge is 0.358 e. The molecule has 0 bridgehead atoms. The van der Waals surface area contributed by atoms with Gasteiger partial charge in [-0.3, -0.25) is 4.98 Å². The van der Waals surface area contributed by atoms with E-state index in [-0.39, 0.29) is 0 Å². The van der Waals surface area contributed by atoms with Crippen LogP contribution < -0.4 is 20.4 Å². The van der Waals surface area contributed by atoms with E-state index in [1.54, 1.807) is 6.20 Å². The Balaban J connectivity index is 1.48. The lowest BCUT2D eigenvalue weighted by molar-refractivity contribution is 0.436. The summed E-state index contributed by atoms with van der Waals surface area (Å²) in [6.45, 7) is 7.13. The molecule has 0 atom stereocenters. The van der Waals surface area contributed by atoms with E-state index in [2.05, 4.69) is 38.4 Å². The molecule has 2 aromatic heterocycles. The van der Waals surface area contributed by atoms with Crippen LogP contribution in [0.1, 0.15) is 44.6 Å². The molecule has 30 heavy (non-hydrogen) atoms. The van der Waals surface area contributed by atoms with Crippen LogP contribution in [0, 0.1) is 5.92 Å². The van der Waals surface area contributed by atoms with Crippen LogP contribution in [0.15, 0.2) is 30.6 Å². The first-order chi connectivity index (χ1) is 14.7. The summed E-state index contributed by atoms with van der Waals surface area (Å²) in [7, 11) is 0. The second-order valence-electron chi connectivity index (χ2n) is 8.29. The first-order valence-corrected chi connectivity index (χ1v) is 11.4. The van der Waals surface area contributed by atoms with Gasteiger partial charge < -0.3 is 20.4 Å². The summed E-state index contributed by atoms with van der Waals surface area (Å²) in [5.74, 6) is 3.34. The van der Waals surface area contributed by atoms with E-state index in [9.17, 15) is 0 Å². The third kappa shape index (κ3) is 5.56. The van der Waals surface area contributed by atoms with Crippen molar-refractivity contribution in [2.24, 2.45) is 5.92 Å². The number of thiocarbonyl (C=S) groups is 1. The van der Waals surface area contributed by atoms with Crippen molar-refractivity contribution in [3.8, 4) is 0 Å². The van der Waals surface area contributed by atoms with E-state index < -0.39 is 0 Å². The summed E-state index contributed by atoms with van der Waals surface area (Å²) in [6.07, 6.45) is 9.74. The number of anilines is 3. The van der Waals surface area contributed by atoms with E-state index in [4.69, 9.17) is 22.2 Å². The fraction of sp³-hybridized carbons (Fsp3) is 0.545. The molecule has 2 aromatic rings. The van der Waals surface area contributed by atoms with Gasteiger partial charge in [0.2, 0.25) is 5.95 Å². The Morgan fingerprint density at radius 3 is 2.43 bits per heavy atom. The molecular formula is C22H31N7S. The number of nitrogens with one attached hydrogen (secondary N) is 2. The van der Waals surface area contributed by atoms with E-state index >= 15 is 0 Å². The monoisotopic (exact) mass is 425 g/mol.